The second-order valence-corrected chi connectivity index (χ2v) is 7.80. The minimum atomic E-state index is -3.23. The first-order chi connectivity index (χ1) is 9.49. The molecule has 1 fully saturated rings. The Kier molecular flexibility index (Phi) is 5.43. The molecule has 1 atom stereocenters. The molecule has 4 nitrogen and oxygen atoms in total. The largest absolute Gasteiger partial charge is 0.315 e. The zero-order valence-corrected chi connectivity index (χ0v) is 13.3. The summed E-state index contributed by atoms with van der Waals surface area (Å²) in [5.41, 5.74) is 0. The van der Waals surface area contributed by atoms with Crippen LogP contribution in [-0.2, 0) is 9.84 Å². The molecule has 0 aliphatic carbocycles. The lowest BCUT2D eigenvalue weighted by atomic mass is 10.1. The van der Waals surface area contributed by atoms with Crippen LogP contribution < -0.4 is 5.32 Å². The molecule has 1 unspecified atom stereocenters. The predicted octanol–water partition coefficient (Wildman–Crippen LogP) is 1.80. The minimum absolute atomic E-state index is 0.141. The Labute approximate surface area is 126 Å². The highest BCUT2D eigenvalue weighted by Crippen LogP contribution is 2.16. The number of rotatable bonds is 5. The van der Waals surface area contributed by atoms with Crippen molar-refractivity contribution in [3.63, 3.8) is 0 Å². The van der Waals surface area contributed by atoms with Gasteiger partial charge in [-0.15, -0.1) is 0 Å². The molecule has 1 heterocycles. The van der Waals surface area contributed by atoms with E-state index in [2.05, 4.69) is 10.2 Å². The van der Waals surface area contributed by atoms with Gasteiger partial charge in [0.05, 0.1) is 10.6 Å². The summed E-state index contributed by atoms with van der Waals surface area (Å²) >= 11 is 5.78. The Balaban J connectivity index is 1.93. The maximum Gasteiger partial charge on any atom is 0.179 e. The fourth-order valence-corrected chi connectivity index (χ4v) is 3.86. The molecule has 0 spiro atoms. The summed E-state index contributed by atoms with van der Waals surface area (Å²) < 4.78 is 24.5. The van der Waals surface area contributed by atoms with Crippen LogP contribution in [0.2, 0.25) is 5.02 Å². The summed E-state index contributed by atoms with van der Waals surface area (Å²) in [5.74, 6) is 0.141. The van der Waals surface area contributed by atoms with Crippen LogP contribution in [0.4, 0.5) is 0 Å². The monoisotopic (exact) mass is 316 g/mol. The Hall–Kier alpha value is -0.620. The molecule has 1 saturated heterocycles. The molecule has 1 aromatic carbocycles. The highest BCUT2D eigenvalue weighted by molar-refractivity contribution is 7.91. The van der Waals surface area contributed by atoms with Gasteiger partial charge in [0.25, 0.3) is 0 Å². The normalized spacial score (nSPS) is 20.2. The summed E-state index contributed by atoms with van der Waals surface area (Å²) in [6.45, 7) is 2.56. The molecule has 0 radical (unpaired) electrons. The second kappa shape index (κ2) is 6.89. The van der Waals surface area contributed by atoms with E-state index >= 15 is 0 Å². The van der Waals surface area contributed by atoms with Gasteiger partial charge in [-0.1, -0.05) is 11.6 Å². The van der Waals surface area contributed by atoms with Crippen molar-refractivity contribution in [2.24, 2.45) is 0 Å². The Morgan fingerprint density at radius 2 is 2.05 bits per heavy atom. The van der Waals surface area contributed by atoms with Gasteiger partial charge in [-0.2, -0.15) is 0 Å². The average Bonchev–Trinajstić information content (AvgIpc) is 2.46. The average molecular weight is 317 g/mol. The van der Waals surface area contributed by atoms with Crippen LogP contribution in [0.3, 0.4) is 0 Å². The number of piperidine rings is 1. The van der Waals surface area contributed by atoms with E-state index in [1.165, 1.54) is 0 Å². The van der Waals surface area contributed by atoms with E-state index in [1.54, 1.807) is 24.3 Å². The molecule has 112 valence electrons. The van der Waals surface area contributed by atoms with Crippen LogP contribution in [-0.4, -0.2) is 51.8 Å². The standard InChI is InChI=1S/C14H21ClN2O2S/c1-17(13-3-2-8-16-11-13)9-10-20(18,19)14-6-4-12(15)5-7-14/h4-7,13,16H,2-3,8-11H2,1H3. The number of benzene rings is 1. The minimum Gasteiger partial charge on any atom is -0.315 e. The number of hydrogen-bond donors (Lipinski definition) is 1. The predicted molar refractivity (Wildman–Crippen MR) is 82.0 cm³/mol. The summed E-state index contributed by atoms with van der Waals surface area (Å²) in [6, 6.07) is 6.80. The molecule has 0 saturated carbocycles. The molecule has 0 aromatic heterocycles. The molecule has 0 amide bonds. The smallest absolute Gasteiger partial charge is 0.179 e. The van der Waals surface area contributed by atoms with Gasteiger partial charge in [-0.05, 0) is 50.7 Å². The molecule has 0 bridgehead atoms. The van der Waals surface area contributed by atoms with Crippen molar-refractivity contribution >= 4 is 21.4 Å². The van der Waals surface area contributed by atoms with Gasteiger partial charge in [-0.3, -0.25) is 0 Å². The van der Waals surface area contributed by atoms with Gasteiger partial charge in [0.1, 0.15) is 0 Å². The number of likely N-dealkylation sites (N-methyl/N-ethyl adjacent to an activating group) is 1. The van der Waals surface area contributed by atoms with Gasteiger partial charge >= 0.3 is 0 Å². The number of sulfone groups is 1. The number of halogens is 1. The first-order valence-electron chi connectivity index (χ1n) is 6.88. The zero-order chi connectivity index (χ0) is 14.6. The van der Waals surface area contributed by atoms with Crippen molar-refractivity contribution in [1.82, 2.24) is 10.2 Å². The van der Waals surface area contributed by atoms with E-state index < -0.39 is 9.84 Å². The van der Waals surface area contributed by atoms with Crippen LogP contribution in [0.25, 0.3) is 0 Å². The van der Waals surface area contributed by atoms with Crippen molar-refractivity contribution in [3.8, 4) is 0 Å². The first kappa shape index (κ1) is 15.8. The Bertz CT molecular complexity index is 525. The summed E-state index contributed by atoms with van der Waals surface area (Å²) in [5, 5.41) is 3.90. The number of hydrogen-bond acceptors (Lipinski definition) is 4. The van der Waals surface area contributed by atoms with Crippen LogP contribution in [0.1, 0.15) is 12.8 Å². The van der Waals surface area contributed by atoms with Crippen LogP contribution in [0.5, 0.6) is 0 Å². The summed E-state index contributed by atoms with van der Waals surface area (Å²) in [4.78, 5) is 2.48. The maximum absolute atomic E-state index is 12.2. The van der Waals surface area contributed by atoms with Crippen LogP contribution in [0.15, 0.2) is 29.2 Å². The summed E-state index contributed by atoms with van der Waals surface area (Å²) in [7, 11) is -1.24. The lowest BCUT2D eigenvalue weighted by Crippen LogP contribution is -2.45. The third-order valence-electron chi connectivity index (χ3n) is 3.78. The SMILES string of the molecule is CN(CCS(=O)(=O)c1ccc(Cl)cc1)C1CCCNC1. The lowest BCUT2D eigenvalue weighted by Gasteiger charge is -2.31. The quantitative estimate of drug-likeness (QED) is 0.900. The highest BCUT2D eigenvalue weighted by atomic mass is 35.5. The van der Waals surface area contributed by atoms with E-state index in [4.69, 9.17) is 11.6 Å². The third kappa shape index (κ3) is 4.19. The van der Waals surface area contributed by atoms with E-state index in [9.17, 15) is 8.42 Å². The Morgan fingerprint density at radius 3 is 2.65 bits per heavy atom. The van der Waals surface area contributed by atoms with Gasteiger partial charge in [-0.25, -0.2) is 8.42 Å². The number of nitrogens with zero attached hydrogens (tertiary/aromatic N) is 1. The van der Waals surface area contributed by atoms with E-state index in [0.29, 0.717) is 22.5 Å². The maximum atomic E-state index is 12.2. The topological polar surface area (TPSA) is 49.4 Å². The van der Waals surface area contributed by atoms with Gasteiger partial charge in [0.2, 0.25) is 0 Å². The molecule has 1 N–H and O–H groups in total. The first-order valence-corrected chi connectivity index (χ1v) is 8.91. The van der Waals surface area contributed by atoms with Gasteiger partial charge in [0.15, 0.2) is 9.84 Å². The molecule has 20 heavy (non-hydrogen) atoms. The van der Waals surface area contributed by atoms with Crippen LogP contribution >= 0.6 is 11.6 Å². The van der Waals surface area contributed by atoms with E-state index in [0.717, 1.165) is 25.9 Å². The molecule has 1 aliphatic heterocycles. The fourth-order valence-electron chi connectivity index (χ4n) is 2.42. The zero-order valence-electron chi connectivity index (χ0n) is 11.7. The van der Waals surface area contributed by atoms with Crippen molar-refractivity contribution in [2.75, 3.05) is 32.4 Å². The lowest BCUT2D eigenvalue weighted by molar-refractivity contribution is 0.213. The Morgan fingerprint density at radius 1 is 1.35 bits per heavy atom. The van der Waals surface area contributed by atoms with Crippen molar-refractivity contribution < 1.29 is 8.42 Å². The van der Waals surface area contributed by atoms with E-state index in [-0.39, 0.29) is 5.75 Å². The van der Waals surface area contributed by atoms with Crippen molar-refractivity contribution in [2.45, 2.75) is 23.8 Å². The summed E-state index contributed by atoms with van der Waals surface area (Å²) in [6.07, 6.45) is 2.28. The number of nitrogens with one attached hydrogen (secondary N) is 1. The molecule has 6 heteroatoms. The molecule has 1 aliphatic rings. The second-order valence-electron chi connectivity index (χ2n) is 5.25. The molecule has 1 aromatic rings. The van der Waals surface area contributed by atoms with Crippen molar-refractivity contribution in [1.29, 1.82) is 0 Å². The van der Waals surface area contributed by atoms with E-state index in [1.807, 2.05) is 7.05 Å². The molecular weight excluding hydrogens is 296 g/mol. The van der Waals surface area contributed by atoms with Crippen LogP contribution in [0, 0.1) is 0 Å². The highest BCUT2D eigenvalue weighted by Gasteiger charge is 2.20. The third-order valence-corrected chi connectivity index (χ3v) is 5.74. The molecule has 2 rings (SSSR count). The molecular formula is C14H21ClN2O2S. The van der Waals surface area contributed by atoms with Gasteiger partial charge < -0.3 is 10.2 Å². The fraction of sp³-hybridized carbons (Fsp3) is 0.571. The van der Waals surface area contributed by atoms with Gasteiger partial charge in [0, 0.05) is 24.2 Å². The van der Waals surface area contributed by atoms with Crippen molar-refractivity contribution in [3.05, 3.63) is 29.3 Å².